The van der Waals surface area contributed by atoms with Gasteiger partial charge in [-0.1, -0.05) is 36.4 Å². The number of sulfonamides is 1. The van der Waals surface area contributed by atoms with Gasteiger partial charge >= 0.3 is 21.6 Å². The molecule has 0 radical (unpaired) electrons. The fraction of sp³-hybridized carbons (Fsp3) is 0.423. The van der Waals surface area contributed by atoms with E-state index in [2.05, 4.69) is 4.74 Å². The van der Waals surface area contributed by atoms with Crippen molar-refractivity contribution in [1.82, 2.24) is 4.90 Å². The molecule has 9 nitrogen and oxygen atoms in total. The Balaban J connectivity index is 1.49. The summed E-state index contributed by atoms with van der Waals surface area (Å²) in [5, 5.41) is 6.64. The Morgan fingerprint density at radius 3 is 2.51 bits per heavy atom. The summed E-state index contributed by atoms with van der Waals surface area (Å²) in [6.07, 6.45) is 1.40. The van der Waals surface area contributed by atoms with Crippen molar-refractivity contribution >= 4 is 39.1 Å². The SMILES string of the molecule is CCOC(=O)N(c1ccccc1CN1CCC23CCC(C2)N(c2ccccc2)N=C3C1=O)S(=O)(=O)C(F)(F)F. The molecule has 2 unspecified atom stereocenters. The first kappa shape index (κ1) is 27.0. The van der Waals surface area contributed by atoms with Gasteiger partial charge in [-0.05, 0) is 56.4 Å². The molecule has 2 aromatic carbocycles. The van der Waals surface area contributed by atoms with Gasteiger partial charge in [0.2, 0.25) is 0 Å². The van der Waals surface area contributed by atoms with E-state index in [1.807, 2.05) is 35.3 Å². The lowest BCUT2D eigenvalue weighted by Crippen LogP contribution is -2.54. The Labute approximate surface area is 223 Å². The van der Waals surface area contributed by atoms with Gasteiger partial charge in [-0.3, -0.25) is 9.80 Å². The third kappa shape index (κ3) is 4.62. The molecule has 1 saturated carbocycles. The predicted octanol–water partition coefficient (Wildman–Crippen LogP) is 4.65. The molecule has 2 heterocycles. The fourth-order valence-corrected chi connectivity index (χ4v) is 6.59. The molecule has 2 aliphatic heterocycles. The van der Waals surface area contributed by atoms with Crippen LogP contribution in [0.4, 0.5) is 29.3 Å². The van der Waals surface area contributed by atoms with Crippen LogP contribution in [0, 0.1) is 5.41 Å². The number of piperidine rings is 1. The van der Waals surface area contributed by atoms with Crippen LogP contribution in [-0.4, -0.2) is 55.7 Å². The highest BCUT2D eigenvalue weighted by Gasteiger charge is 2.55. The van der Waals surface area contributed by atoms with Crippen LogP contribution in [0.2, 0.25) is 0 Å². The highest BCUT2D eigenvalue weighted by Crippen LogP contribution is 2.51. The highest BCUT2D eigenvalue weighted by molar-refractivity contribution is 7.94. The van der Waals surface area contributed by atoms with E-state index in [4.69, 9.17) is 5.10 Å². The smallest absolute Gasteiger partial charge is 0.449 e. The number of benzene rings is 2. The number of hydrogen-bond acceptors (Lipinski definition) is 7. The monoisotopic (exact) mass is 564 g/mol. The van der Waals surface area contributed by atoms with Crippen LogP contribution in [0.5, 0.6) is 0 Å². The molecule has 13 heteroatoms. The molecule has 1 aliphatic carbocycles. The number of amides is 2. The molecule has 2 fully saturated rings. The zero-order valence-electron chi connectivity index (χ0n) is 21.1. The van der Waals surface area contributed by atoms with Gasteiger partial charge in [-0.2, -0.15) is 31.0 Å². The summed E-state index contributed by atoms with van der Waals surface area (Å²) in [4.78, 5) is 27.7. The number of halogens is 3. The first-order chi connectivity index (χ1) is 18.5. The van der Waals surface area contributed by atoms with Crippen molar-refractivity contribution in [3.8, 4) is 0 Å². The van der Waals surface area contributed by atoms with Gasteiger partial charge < -0.3 is 9.64 Å². The number of carbonyl (C=O) groups excluding carboxylic acids is 2. The lowest BCUT2D eigenvalue weighted by Gasteiger charge is -2.44. The Morgan fingerprint density at radius 2 is 1.82 bits per heavy atom. The second-order valence-corrected chi connectivity index (χ2v) is 11.6. The van der Waals surface area contributed by atoms with Crippen LogP contribution in [0.15, 0.2) is 59.7 Å². The van der Waals surface area contributed by atoms with E-state index in [0.29, 0.717) is 18.7 Å². The van der Waals surface area contributed by atoms with Crippen molar-refractivity contribution in [2.75, 3.05) is 22.5 Å². The lowest BCUT2D eigenvalue weighted by molar-refractivity contribution is -0.127. The van der Waals surface area contributed by atoms with E-state index in [9.17, 15) is 31.2 Å². The molecule has 0 aromatic heterocycles. The Morgan fingerprint density at radius 1 is 1.13 bits per heavy atom. The molecule has 208 valence electrons. The number of anilines is 2. The Kier molecular flexibility index (Phi) is 6.81. The maximum Gasteiger partial charge on any atom is 0.517 e. The van der Waals surface area contributed by atoms with Crippen molar-refractivity contribution in [2.45, 2.75) is 50.7 Å². The number of carbonyl (C=O) groups is 2. The van der Waals surface area contributed by atoms with Gasteiger partial charge in [0.25, 0.3) is 5.91 Å². The van der Waals surface area contributed by atoms with E-state index in [-0.39, 0.29) is 40.4 Å². The molecule has 5 rings (SSSR count). The second kappa shape index (κ2) is 9.85. The number of para-hydroxylation sites is 2. The molecule has 1 spiro atoms. The second-order valence-electron chi connectivity index (χ2n) is 9.83. The molecule has 2 amide bonds. The molecular weight excluding hydrogens is 537 g/mol. The summed E-state index contributed by atoms with van der Waals surface area (Å²) in [5.74, 6) is -0.362. The van der Waals surface area contributed by atoms with Crippen LogP contribution in [0.1, 0.15) is 38.2 Å². The number of fused-ring (bicyclic) bond motifs is 1. The maximum atomic E-state index is 13.8. The van der Waals surface area contributed by atoms with E-state index in [1.165, 1.54) is 30.0 Å². The van der Waals surface area contributed by atoms with E-state index < -0.39 is 27.3 Å². The van der Waals surface area contributed by atoms with Crippen molar-refractivity contribution in [3.05, 3.63) is 60.2 Å². The van der Waals surface area contributed by atoms with Crippen LogP contribution in [-0.2, 0) is 26.1 Å². The van der Waals surface area contributed by atoms with Crippen molar-refractivity contribution in [2.24, 2.45) is 10.5 Å². The third-order valence-electron chi connectivity index (χ3n) is 7.55. The molecule has 39 heavy (non-hydrogen) atoms. The Bertz CT molecular complexity index is 1420. The van der Waals surface area contributed by atoms with Gasteiger partial charge in [-0.25, -0.2) is 4.79 Å². The van der Waals surface area contributed by atoms with E-state index in [0.717, 1.165) is 31.0 Å². The van der Waals surface area contributed by atoms with Crippen molar-refractivity contribution < 1.29 is 35.9 Å². The molecule has 3 aliphatic rings. The van der Waals surface area contributed by atoms with E-state index in [1.54, 1.807) is 0 Å². The summed E-state index contributed by atoms with van der Waals surface area (Å²) < 4.78 is 69.8. The maximum absolute atomic E-state index is 13.8. The van der Waals surface area contributed by atoms with E-state index >= 15 is 0 Å². The topological polar surface area (TPSA) is 99.6 Å². The summed E-state index contributed by atoms with van der Waals surface area (Å²) in [6, 6.07) is 15.0. The minimum Gasteiger partial charge on any atom is -0.449 e. The minimum absolute atomic E-state index is 0.0447. The average Bonchev–Trinajstić information content (AvgIpc) is 3.24. The van der Waals surface area contributed by atoms with Crippen molar-refractivity contribution in [3.63, 3.8) is 0 Å². The molecule has 2 bridgehead atoms. The zero-order chi connectivity index (χ0) is 28.0. The van der Waals surface area contributed by atoms with Gasteiger partial charge in [0.1, 0.15) is 5.71 Å². The van der Waals surface area contributed by atoms with Gasteiger partial charge in [0, 0.05) is 18.5 Å². The highest BCUT2D eigenvalue weighted by atomic mass is 32.2. The summed E-state index contributed by atoms with van der Waals surface area (Å²) in [7, 11) is -6.13. The summed E-state index contributed by atoms with van der Waals surface area (Å²) in [6.45, 7) is 1.11. The Hall–Kier alpha value is -3.61. The minimum atomic E-state index is -6.13. The molecule has 1 saturated heterocycles. The third-order valence-corrected chi connectivity index (χ3v) is 8.96. The summed E-state index contributed by atoms with van der Waals surface area (Å²) in [5.41, 5.74) is -5.34. The first-order valence-electron chi connectivity index (χ1n) is 12.6. The molecule has 2 atom stereocenters. The number of nitrogens with zero attached hydrogens (tertiary/aromatic N) is 4. The van der Waals surface area contributed by atoms with Crippen LogP contribution in [0.25, 0.3) is 0 Å². The number of hydrogen-bond donors (Lipinski definition) is 0. The lowest BCUT2D eigenvalue weighted by atomic mass is 9.74. The summed E-state index contributed by atoms with van der Waals surface area (Å²) >= 11 is 0. The van der Waals surface area contributed by atoms with Gasteiger partial charge in [0.05, 0.1) is 24.0 Å². The number of alkyl halides is 3. The number of hydrazone groups is 1. The number of rotatable bonds is 6. The molecule has 0 N–H and O–H groups in total. The molecular formula is C26H27F3N4O5S. The first-order valence-corrected chi connectivity index (χ1v) is 14.0. The van der Waals surface area contributed by atoms with Crippen molar-refractivity contribution in [1.29, 1.82) is 0 Å². The van der Waals surface area contributed by atoms with Gasteiger partial charge in [0.15, 0.2) is 0 Å². The number of ether oxygens (including phenoxy) is 1. The fourth-order valence-electron chi connectivity index (χ4n) is 5.69. The average molecular weight is 565 g/mol. The predicted molar refractivity (Wildman–Crippen MR) is 137 cm³/mol. The normalized spacial score (nSPS) is 22.8. The molecule has 2 aromatic rings. The largest absolute Gasteiger partial charge is 0.517 e. The van der Waals surface area contributed by atoms with Crippen LogP contribution < -0.4 is 9.31 Å². The van der Waals surface area contributed by atoms with Crippen LogP contribution >= 0.6 is 0 Å². The zero-order valence-corrected chi connectivity index (χ0v) is 21.9. The van der Waals surface area contributed by atoms with Gasteiger partial charge in [-0.15, -0.1) is 0 Å². The number of likely N-dealkylation sites (tertiary alicyclic amines) is 1. The standard InChI is InChI=1S/C26H27F3N4O5S/c1-2-38-24(35)33(39(36,37)26(27,28)29)21-11-7-6-8-18(21)17-31-15-14-25-13-12-20(16-25)32(30-22(25)23(31)34)19-9-4-3-5-10-19/h3-11,20H,2,12-17H2,1H3. The van der Waals surface area contributed by atoms with Crippen LogP contribution in [0.3, 0.4) is 0 Å². The quantitative estimate of drug-likeness (QED) is 0.507.